The van der Waals surface area contributed by atoms with E-state index in [0.717, 1.165) is 29.7 Å². The van der Waals surface area contributed by atoms with Crippen molar-refractivity contribution >= 4 is 11.0 Å². The Bertz CT molecular complexity index is 450. The summed E-state index contributed by atoms with van der Waals surface area (Å²) in [6.45, 7) is 3.27. The van der Waals surface area contributed by atoms with Gasteiger partial charge in [-0.2, -0.15) is 0 Å². The average Bonchev–Trinajstić information content (AvgIpc) is 2.84. The van der Waals surface area contributed by atoms with E-state index in [9.17, 15) is 0 Å². The second-order valence-electron chi connectivity index (χ2n) is 4.39. The summed E-state index contributed by atoms with van der Waals surface area (Å²) in [5.41, 5.74) is 0.890. The predicted octanol–water partition coefficient (Wildman–Crippen LogP) is 2.43. The molecule has 3 nitrogen and oxygen atoms in total. The smallest absolute Gasteiger partial charge is 0.152 e. The van der Waals surface area contributed by atoms with Gasteiger partial charge < -0.3 is 9.73 Å². The molecule has 3 heteroatoms. The van der Waals surface area contributed by atoms with Crippen LogP contribution < -0.4 is 5.32 Å². The highest BCUT2D eigenvalue weighted by atomic mass is 16.3. The second-order valence-corrected chi connectivity index (χ2v) is 4.39. The molecule has 1 atom stereocenters. The Hall–Kier alpha value is -1.35. The maximum atomic E-state index is 5.83. The normalized spacial score (nSPS) is 26.2. The van der Waals surface area contributed by atoms with Crippen molar-refractivity contribution in [3.8, 4) is 0 Å². The van der Waals surface area contributed by atoms with Crippen LogP contribution in [0.2, 0.25) is 0 Å². The van der Waals surface area contributed by atoms with E-state index in [1.54, 1.807) is 12.4 Å². The zero-order chi connectivity index (χ0) is 10.3. The van der Waals surface area contributed by atoms with Crippen LogP contribution in [0.25, 0.3) is 11.0 Å². The Morgan fingerprint density at radius 1 is 1.53 bits per heavy atom. The number of fused-ring (bicyclic) bond motifs is 1. The molecule has 0 unspecified atom stereocenters. The quantitative estimate of drug-likeness (QED) is 0.771. The Balaban J connectivity index is 2.11. The lowest BCUT2D eigenvalue weighted by molar-refractivity contribution is 0.346. The Morgan fingerprint density at radius 3 is 3.20 bits per heavy atom. The Labute approximate surface area is 88.5 Å². The summed E-state index contributed by atoms with van der Waals surface area (Å²) in [5.74, 6) is 1.03. The Morgan fingerprint density at radius 2 is 2.47 bits per heavy atom. The lowest BCUT2D eigenvalue weighted by Gasteiger charge is -2.20. The van der Waals surface area contributed by atoms with Crippen molar-refractivity contribution in [2.45, 2.75) is 25.3 Å². The molecular formula is C12H14N2O. The third-order valence-corrected chi connectivity index (χ3v) is 3.24. The topological polar surface area (TPSA) is 38.1 Å². The number of pyridine rings is 1. The van der Waals surface area contributed by atoms with Crippen LogP contribution in [-0.4, -0.2) is 11.5 Å². The number of nitrogens with zero attached hydrogens (tertiary/aromatic N) is 1. The minimum Gasteiger partial charge on any atom is -0.457 e. The van der Waals surface area contributed by atoms with E-state index in [4.69, 9.17) is 4.42 Å². The number of nitrogens with one attached hydrogen (secondary N) is 1. The molecule has 0 amide bonds. The molecule has 0 radical (unpaired) electrons. The van der Waals surface area contributed by atoms with Gasteiger partial charge >= 0.3 is 0 Å². The minimum atomic E-state index is 0.0129. The molecule has 78 valence electrons. The molecule has 3 rings (SSSR count). The van der Waals surface area contributed by atoms with E-state index in [1.807, 2.05) is 6.07 Å². The van der Waals surface area contributed by atoms with Crippen LogP contribution in [0, 0.1) is 0 Å². The van der Waals surface area contributed by atoms with Gasteiger partial charge in [0.1, 0.15) is 5.76 Å². The lowest BCUT2D eigenvalue weighted by atomic mass is 9.97. The van der Waals surface area contributed by atoms with Crippen LogP contribution in [-0.2, 0) is 5.54 Å². The summed E-state index contributed by atoms with van der Waals surface area (Å²) < 4.78 is 5.83. The van der Waals surface area contributed by atoms with Crippen LogP contribution in [0.3, 0.4) is 0 Å². The SMILES string of the molecule is C[C@@]1(c2cc3ccncc3o2)CCCN1. The van der Waals surface area contributed by atoms with Crippen molar-refractivity contribution in [3.63, 3.8) is 0 Å². The van der Waals surface area contributed by atoms with Crippen molar-refractivity contribution in [2.75, 3.05) is 6.54 Å². The molecule has 1 aliphatic heterocycles. The van der Waals surface area contributed by atoms with Gasteiger partial charge in [-0.25, -0.2) is 0 Å². The van der Waals surface area contributed by atoms with Gasteiger partial charge in [-0.1, -0.05) is 0 Å². The molecule has 2 aromatic rings. The van der Waals surface area contributed by atoms with Gasteiger partial charge in [-0.15, -0.1) is 0 Å². The van der Waals surface area contributed by atoms with E-state index in [2.05, 4.69) is 23.3 Å². The molecular weight excluding hydrogens is 188 g/mol. The Kier molecular flexibility index (Phi) is 1.83. The summed E-state index contributed by atoms with van der Waals surface area (Å²) in [6, 6.07) is 4.11. The van der Waals surface area contributed by atoms with Gasteiger partial charge in [0.15, 0.2) is 5.58 Å². The molecule has 0 bridgehead atoms. The standard InChI is InChI=1S/C12H14N2O/c1-12(4-2-5-14-12)11-7-9-3-6-13-8-10(9)15-11/h3,6-8,14H,2,4-5H2,1H3/t12-/m0/s1. The average molecular weight is 202 g/mol. The fourth-order valence-electron chi connectivity index (χ4n) is 2.26. The predicted molar refractivity (Wildman–Crippen MR) is 58.6 cm³/mol. The van der Waals surface area contributed by atoms with Crippen molar-refractivity contribution < 1.29 is 4.42 Å². The number of hydrogen-bond acceptors (Lipinski definition) is 3. The molecule has 1 aliphatic rings. The van der Waals surface area contributed by atoms with Gasteiger partial charge in [-0.05, 0) is 38.4 Å². The van der Waals surface area contributed by atoms with Crippen LogP contribution in [0.1, 0.15) is 25.5 Å². The molecule has 1 fully saturated rings. The van der Waals surface area contributed by atoms with Crippen LogP contribution in [0.15, 0.2) is 28.9 Å². The lowest BCUT2D eigenvalue weighted by Crippen LogP contribution is -2.32. The van der Waals surface area contributed by atoms with Crippen molar-refractivity contribution in [1.82, 2.24) is 10.3 Å². The van der Waals surface area contributed by atoms with E-state index in [-0.39, 0.29) is 5.54 Å². The summed E-state index contributed by atoms with van der Waals surface area (Å²) >= 11 is 0. The van der Waals surface area contributed by atoms with Crippen molar-refractivity contribution in [3.05, 3.63) is 30.3 Å². The zero-order valence-electron chi connectivity index (χ0n) is 8.79. The minimum absolute atomic E-state index is 0.0129. The first-order valence-electron chi connectivity index (χ1n) is 5.37. The fourth-order valence-corrected chi connectivity index (χ4v) is 2.26. The van der Waals surface area contributed by atoms with Crippen molar-refractivity contribution in [2.24, 2.45) is 0 Å². The second kappa shape index (κ2) is 3.07. The van der Waals surface area contributed by atoms with E-state index in [1.165, 1.54) is 6.42 Å². The first-order chi connectivity index (χ1) is 7.28. The fraction of sp³-hybridized carbons (Fsp3) is 0.417. The number of rotatable bonds is 1. The highest BCUT2D eigenvalue weighted by Crippen LogP contribution is 2.33. The van der Waals surface area contributed by atoms with E-state index >= 15 is 0 Å². The number of furan rings is 1. The van der Waals surface area contributed by atoms with Gasteiger partial charge in [-0.3, -0.25) is 4.98 Å². The maximum Gasteiger partial charge on any atom is 0.152 e. The molecule has 0 aromatic carbocycles. The highest BCUT2D eigenvalue weighted by molar-refractivity contribution is 5.76. The zero-order valence-corrected chi connectivity index (χ0v) is 8.79. The van der Waals surface area contributed by atoms with Crippen LogP contribution in [0.5, 0.6) is 0 Å². The molecule has 3 heterocycles. The van der Waals surface area contributed by atoms with Crippen LogP contribution >= 0.6 is 0 Å². The molecule has 2 aromatic heterocycles. The van der Waals surface area contributed by atoms with Gasteiger partial charge in [0.25, 0.3) is 0 Å². The molecule has 0 spiro atoms. The molecule has 0 saturated carbocycles. The summed E-state index contributed by atoms with van der Waals surface area (Å²) in [4.78, 5) is 4.06. The van der Waals surface area contributed by atoms with Gasteiger partial charge in [0, 0.05) is 11.6 Å². The molecule has 1 N–H and O–H groups in total. The number of aromatic nitrogens is 1. The summed E-state index contributed by atoms with van der Waals surface area (Å²) in [7, 11) is 0. The van der Waals surface area contributed by atoms with E-state index in [0.29, 0.717) is 0 Å². The first kappa shape index (κ1) is 8.92. The van der Waals surface area contributed by atoms with E-state index < -0.39 is 0 Å². The monoisotopic (exact) mass is 202 g/mol. The molecule has 15 heavy (non-hydrogen) atoms. The molecule has 1 saturated heterocycles. The molecule has 0 aliphatic carbocycles. The highest BCUT2D eigenvalue weighted by Gasteiger charge is 2.33. The summed E-state index contributed by atoms with van der Waals surface area (Å²) in [6.07, 6.45) is 5.93. The maximum absolute atomic E-state index is 5.83. The summed E-state index contributed by atoms with van der Waals surface area (Å²) in [5, 5.41) is 4.63. The number of hydrogen-bond donors (Lipinski definition) is 1. The van der Waals surface area contributed by atoms with Crippen molar-refractivity contribution in [1.29, 1.82) is 0 Å². The third-order valence-electron chi connectivity index (χ3n) is 3.24. The third kappa shape index (κ3) is 1.35. The van der Waals surface area contributed by atoms with Crippen LogP contribution in [0.4, 0.5) is 0 Å². The van der Waals surface area contributed by atoms with Gasteiger partial charge in [0.2, 0.25) is 0 Å². The largest absolute Gasteiger partial charge is 0.457 e. The van der Waals surface area contributed by atoms with Gasteiger partial charge in [0.05, 0.1) is 11.7 Å². The first-order valence-corrected chi connectivity index (χ1v) is 5.37.